The summed E-state index contributed by atoms with van der Waals surface area (Å²) in [5, 5.41) is 0. The summed E-state index contributed by atoms with van der Waals surface area (Å²) in [6, 6.07) is 1.91. The van der Waals surface area contributed by atoms with E-state index < -0.39 is 0 Å². The predicted molar refractivity (Wildman–Crippen MR) is 51.8 cm³/mol. The van der Waals surface area contributed by atoms with Crippen molar-refractivity contribution in [3.8, 4) is 0 Å². The molecule has 1 rings (SSSR count). The van der Waals surface area contributed by atoms with Gasteiger partial charge in [-0.1, -0.05) is 0 Å². The molecular weight excluding hydrogens is 220 g/mol. The van der Waals surface area contributed by atoms with Crippen molar-refractivity contribution < 1.29 is 4.74 Å². The Morgan fingerprint density at radius 3 is 2.92 bits per heavy atom. The quantitative estimate of drug-likeness (QED) is 0.848. The number of hydrogen-bond acceptors (Lipinski definition) is 3. The number of rotatable bonds is 2. The highest BCUT2D eigenvalue weighted by molar-refractivity contribution is 9.10. The molecule has 2 N–H and O–H groups in total. The molecule has 0 spiro atoms. The van der Waals surface area contributed by atoms with Gasteiger partial charge in [0.1, 0.15) is 5.82 Å². The molecule has 1 heterocycles. The second-order valence-electron chi connectivity index (χ2n) is 2.51. The highest BCUT2D eigenvalue weighted by atomic mass is 79.9. The van der Waals surface area contributed by atoms with Crippen molar-refractivity contribution in [3.63, 3.8) is 0 Å². The van der Waals surface area contributed by atoms with Gasteiger partial charge in [-0.3, -0.25) is 0 Å². The molecule has 4 heteroatoms. The van der Waals surface area contributed by atoms with Gasteiger partial charge >= 0.3 is 0 Å². The van der Waals surface area contributed by atoms with E-state index in [0.717, 1.165) is 10.0 Å². The smallest absolute Gasteiger partial charge is 0.129 e. The van der Waals surface area contributed by atoms with Crippen molar-refractivity contribution >= 4 is 21.7 Å². The van der Waals surface area contributed by atoms with Crippen LogP contribution in [0.5, 0.6) is 0 Å². The van der Waals surface area contributed by atoms with Gasteiger partial charge in [0, 0.05) is 23.3 Å². The molecule has 0 radical (unpaired) electrons. The first-order valence-electron chi connectivity index (χ1n) is 3.59. The molecule has 1 aromatic heterocycles. The van der Waals surface area contributed by atoms with Crippen LogP contribution < -0.4 is 5.73 Å². The normalized spacial score (nSPS) is 12.9. The number of pyridine rings is 1. The molecule has 0 aromatic carbocycles. The summed E-state index contributed by atoms with van der Waals surface area (Å²) in [5.74, 6) is 0.521. The van der Waals surface area contributed by atoms with Crippen LogP contribution in [0.25, 0.3) is 0 Å². The number of ether oxygens (including phenoxy) is 1. The lowest BCUT2D eigenvalue weighted by Crippen LogP contribution is -2.03. The molecule has 1 atom stereocenters. The van der Waals surface area contributed by atoms with Gasteiger partial charge in [-0.05, 0) is 28.9 Å². The minimum absolute atomic E-state index is 0.0185. The monoisotopic (exact) mass is 230 g/mol. The standard InChI is InChI=1S/C8H11BrN2O/c1-5(12-2)7-3-6(9)4-11-8(7)10/h3-5H,1-2H3,(H2,10,11). The highest BCUT2D eigenvalue weighted by Crippen LogP contribution is 2.23. The van der Waals surface area contributed by atoms with Gasteiger partial charge in [-0.15, -0.1) is 0 Å². The molecule has 0 saturated carbocycles. The fraction of sp³-hybridized carbons (Fsp3) is 0.375. The fourth-order valence-electron chi connectivity index (χ4n) is 0.918. The number of anilines is 1. The molecule has 0 aliphatic heterocycles. The Morgan fingerprint density at radius 1 is 1.67 bits per heavy atom. The number of methoxy groups -OCH3 is 1. The van der Waals surface area contributed by atoms with Crippen LogP contribution in [-0.2, 0) is 4.74 Å². The van der Waals surface area contributed by atoms with Crippen LogP contribution in [0.1, 0.15) is 18.6 Å². The zero-order valence-electron chi connectivity index (χ0n) is 7.04. The minimum atomic E-state index is -0.0185. The van der Waals surface area contributed by atoms with Crippen molar-refractivity contribution in [2.24, 2.45) is 0 Å². The molecule has 12 heavy (non-hydrogen) atoms. The van der Waals surface area contributed by atoms with Gasteiger partial charge in [0.25, 0.3) is 0 Å². The number of aromatic nitrogens is 1. The minimum Gasteiger partial charge on any atom is -0.383 e. The van der Waals surface area contributed by atoms with Crippen LogP contribution in [0.15, 0.2) is 16.7 Å². The number of hydrogen-bond donors (Lipinski definition) is 1. The summed E-state index contributed by atoms with van der Waals surface area (Å²) in [7, 11) is 1.64. The van der Waals surface area contributed by atoms with Gasteiger partial charge in [-0.25, -0.2) is 4.98 Å². The van der Waals surface area contributed by atoms with E-state index >= 15 is 0 Å². The van der Waals surface area contributed by atoms with Crippen molar-refractivity contribution in [1.82, 2.24) is 4.98 Å². The largest absolute Gasteiger partial charge is 0.383 e. The predicted octanol–water partition coefficient (Wildman–Crippen LogP) is 2.13. The summed E-state index contributed by atoms with van der Waals surface area (Å²) in [6.45, 7) is 1.93. The molecule has 0 aliphatic rings. The molecule has 0 aliphatic carbocycles. The Bertz CT molecular complexity index is 278. The molecule has 66 valence electrons. The third-order valence-corrected chi connectivity index (χ3v) is 2.14. The van der Waals surface area contributed by atoms with E-state index in [-0.39, 0.29) is 6.10 Å². The molecule has 0 amide bonds. The van der Waals surface area contributed by atoms with Crippen LogP contribution in [0.4, 0.5) is 5.82 Å². The first-order chi connectivity index (χ1) is 5.65. The van der Waals surface area contributed by atoms with Gasteiger partial charge in [0.15, 0.2) is 0 Å². The Hall–Kier alpha value is -0.610. The highest BCUT2D eigenvalue weighted by Gasteiger charge is 2.08. The topological polar surface area (TPSA) is 48.1 Å². The maximum atomic E-state index is 5.65. The second kappa shape index (κ2) is 3.87. The number of nitrogen functional groups attached to an aromatic ring is 1. The lowest BCUT2D eigenvalue weighted by Gasteiger charge is -2.11. The van der Waals surface area contributed by atoms with Crippen LogP contribution in [-0.4, -0.2) is 12.1 Å². The molecule has 0 fully saturated rings. The van der Waals surface area contributed by atoms with Gasteiger partial charge in [-0.2, -0.15) is 0 Å². The first-order valence-corrected chi connectivity index (χ1v) is 4.38. The molecule has 1 unspecified atom stereocenters. The molecule has 0 saturated heterocycles. The van der Waals surface area contributed by atoms with Gasteiger partial charge in [0.2, 0.25) is 0 Å². The third kappa shape index (κ3) is 1.95. The SMILES string of the molecule is COC(C)c1cc(Br)cnc1N. The Labute approximate surface area is 80.1 Å². The Balaban J connectivity index is 3.04. The third-order valence-electron chi connectivity index (χ3n) is 1.71. The number of nitrogens with two attached hydrogens (primary N) is 1. The zero-order chi connectivity index (χ0) is 9.14. The Morgan fingerprint density at radius 2 is 2.33 bits per heavy atom. The van der Waals surface area contributed by atoms with Crippen molar-refractivity contribution in [3.05, 3.63) is 22.3 Å². The van der Waals surface area contributed by atoms with Crippen LogP contribution in [0.3, 0.4) is 0 Å². The number of nitrogens with zero attached hydrogens (tertiary/aromatic N) is 1. The lowest BCUT2D eigenvalue weighted by molar-refractivity contribution is 0.120. The maximum absolute atomic E-state index is 5.65. The molecule has 3 nitrogen and oxygen atoms in total. The van der Waals surface area contributed by atoms with E-state index in [0.29, 0.717) is 5.82 Å². The fourth-order valence-corrected chi connectivity index (χ4v) is 1.27. The van der Waals surface area contributed by atoms with E-state index in [2.05, 4.69) is 20.9 Å². The lowest BCUT2D eigenvalue weighted by atomic mass is 10.2. The summed E-state index contributed by atoms with van der Waals surface area (Å²) < 4.78 is 6.04. The first kappa shape index (κ1) is 9.48. The summed E-state index contributed by atoms with van der Waals surface area (Å²) >= 11 is 3.32. The van der Waals surface area contributed by atoms with E-state index in [1.54, 1.807) is 13.3 Å². The summed E-state index contributed by atoms with van der Waals surface area (Å²) in [5.41, 5.74) is 6.56. The van der Waals surface area contributed by atoms with Crippen molar-refractivity contribution in [1.29, 1.82) is 0 Å². The van der Waals surface area contributed by atoms with Crippen LogP contribution in [0.2, 0.25) is 0 Å². The van der Waals surface area contributed by atoms with Crippen molar-refractivity contribution in [2.75, 3.05) is 12.8 Å². The summed E-state index contributed by atoms with van der Waals surface area (Å²) in [4.78, 5) is 4.00. The van der Waals surface area contributed by atoms with Crippen LogP contribution >= 0.6 is 15.9 Å². The maximum Gasteiger partial charge on any atom is 0.129 e. The average Bonchev–Trinajstić information content (AvgIpc) is 2.08. The number of halogens is 1. The molecule has 0 bridgehead atoms. The van der Waals surface area contributed by atoms with Gasteiger partial charge in [0.05, 0.1) is 6.10 Å². The van der Waals surface area contributed by atoms with Crippen molar-refractivity contribution in [2.45, 2.75) is 13.0 Å². The van der Waals surface area contributed by atoms with E-state index in [1.165, 1.54) is 0 Å². The van der Waals surface area contributed by atoms with Gasteiger partial charge < -0.3 is 10.5 Å². The second-order valence-corrected chi connectivity index (χ2v) is 3.42. The molecule has 1 aromatic rings. The molecular formula is C8H11BrN2O. The van der Waals surface area contributed by atoms with E-state index in [4.69, 9.17) is 10.5 Å². The summed E-state index contributed by atoms with van der Waals surface area (Å²) in [6.07, 6.45) is 1.65. The van der Waals surface area contributed by atoms with Crippen LogP contribution in [0, 0.1) is 0 Å². The van der Waals surface area contributed by atoms with E-state index in [1.807, 2.05) is 13.0 Å². The van der Waals surface area contributed by atoms with E-state index in [9.17, 15) is 0 Å². The average molecular weight is 231 g/mol. The zero-order valence-corrected chi connectivity index (χ0v) is 8.63. The Kier molecular flexibility index (Phi) is 3.05.